The molecule has 0 spiro atoms. The molecular weight excluding hydrogens is 210 g/mol. The monoisotopic (exact) mass is 227 g/mol. The number of aryl methyl sites for hydroxylation is 1. The maximum absolute atomic E-state index is 11.2. The quantitative estimate of drug-likeness (QED) is 0.812. The summed E-state index contributed by atoms with van der Waals surface area (Å²) < 4.78 is 0. The van der Waals surface area contributed by atoms with E-state index in [-0.39, 0.29) is 5.91 Å². The van der Waals surface area contributed by atoms with Crippen LogP contribution < -0.4 is 5.32 Å². The highest BCUT2D eigenvalue weighted by Crippen LogP contribution is 2.09. The molecule has 1 rings (SSSR count). The molecule has 0 saturated carbocycles. The van der Waals surface area contributed by atoms with E-state index in [2.05, 4.69) is 17.2 Å². The molecule has 1 aromatic rings. The van der Waals surface area contributed by atoms with Gasteiger partial charge in [-0.05, 0) is 6.42 Å². The fourth-order valence-corrected chi connectivity index (χ4v) is 1.79. The van der Waals surface area contributed by atoms with Gasteiger partial charge in [-0.1, -0.05) is 6.92 Å². The molecular formula is C10H17N3OS. The van der Waals surface area contributed by atoms with E-state index in [9.17, 15) is 4.79 Å². The number of likely N-dealkylation sites (N-methyl/N-ethyl adjacent to an activating group) is 1. The Bertz CT molecular complexity index is 322. The molecule has 1 heterocycles. The van der Waals surface area contributed by atoms with E-state index in [1.807, 2.05) is 5.38 Å². The Morgan fingerprint density at radius 1 is 1.60 bits per heavy atom. The van der Waals surface area contributed by atoms with Gasteiger partial charge in [-0.3, -0.25) is 4.79 Å². The zero-order valence-electron chi connectivity index (χ0n) is 9.41. The van der Waals surface area contributed by atoms with Gasteiger partial charge in [-0.25, -0.2) is 4.98 Å². The van der Waals surface area contributed by atoms with Crippen LogP contribution in [0.5, 0.6) is 0 Å². The number of amides is 1. The van der Waals surface area contributed by atoms with Gasteiger partial charge in [0.1, 0.15) is 0 Å². The second kappa shape index (κ2) is 5.82. The molecule has 0 radical (unpaired) electrons. The molecule has 0 aliphatic heterocycles. The normalized spacial score (nSPS) is 10.3. The molecule has 0 saturated heterocycles. The van der Waals surface area contributed by atoms with Crippen LogP contribution in [0.3, 0.4) is 0 Å². The molecule has 1 aromatic heterocycles. The standard InChI is InChI=1S/C10H17N3OS/c1-4-9-12-8(7-15-9)5-11-6-10(14)13(2)3/h7,11H,4-6H2,1-3H3. The third-order valence-electron chi connectivity index (χ3n) is 1.98. The SMILES string of the molecule is CCc1nc(CNCC(=O)N(C)C)cs1. The summed E-state index contributed by atoms with van der Waals surface area (Å²) in [4.78, 5) is 17.2. The molecule has 0 unspecified atom stereocenters. The number of hydrogen-bond acceptors (Lipinski definition) is 4. The van der Waals surface area contributed by atoms with Crippen LogP contribution in [0.1, 0.15) is 17.6 Å². The fraction of sp³-hybridized carbons (Fsp3) is 0.600. The van der Waals surface area contributed by atoms with Gasteiger partial charge < -0.3 is 10.2 Å². The number of nitrogens with one attached hydrogen (secondary N) is 1. The Labute approximate surface area is 94.3 Å². The lowest BCUT2D eigenvalue weighted by Crippen LogP contribution is -2.32. The topological polar surface area (TPSA) is 45.2 Å². The van der Waals surface area contributed by atoms with Crippen molar-refractivity contribution in [3.63, 3.8) is 0 Å². The van der Waals surface area contributed by atoms with Crippen molar-refractivity contribution in [3.05, 3.63) is 16.1 Å². The maximum atomic E-state index is 11.2. The first-order valence-electron chi connectivity index (χ1n) is 4.97. The summed E-state index contributed by atoms with van der Waals surface area (Å²) in [6.45, 7) is 3.12. The number of carbonyl (C=O) groups excluding carboxylic acids is 1. The minimum absolute atomic E-state index is 0.0842. The molecule has 0 atom stereocenters. The van der Waals surface area contributed by atoms with Gasteiger partial charge in [0, 0.05) is 26.0 Å². The van der Waals surface area contributed by atoms with E-state index in [1.165, 1.54) is 0 Å². The van der Waals surface area contributed by atoms with Crippen molar-refractivity contribution in [2.45, 2.75) is 19.9 Å². The number of hydrogen-bond donors (Lipinski definition) is 1. The van der Waals surface area contributed by atoms with Gasteiger partial charge in [0.25, 0.3) is 0 Å². The third-order valence-corrected chi connectivity index (χ3v) is 3.02. The summed E-state index contributed by atoms with van der Waals surface area (Å²) in [7, 11) is 3.50. The highest BCUT2D eigenvalue weighted by molar-refractivity contribution is 7.09. The largest absolute Gasteiger partial charge is 0.348 e. The molecule has 5 heteroatoms. The minimum atomic E-state index is 0.0842. The summed E-state index contributed by atoms with van der Waals surface area (Å²) in [6, 6.07) is 0. The summed E-state index contributed by atoms with van der Waals surface area (Å²) in [5, 5.41) is 6.25. The smallest absolute Gasteiger partial charge is 0.236 e. The Hall–Kier alpha value is -0.940. The maximum Gasteiger partial charge on any atom is 0.236 e. The summed E-state index contributed by atoms with van der Waals surface area (Å²) in [5.41, 5.74) is 1.02. The molecule has 0 aliphatic carbocycles. The zero-order valence-corrected chi connectivity index (χ0v) is 10.2. The second-order valence-corrected chi connectivity index (χ2v) is 4.42. The van der Waals surface area contributed by atoms with Gasteiger partial charge >= 0.3 is 0 Å². The lowest BCUT2D eigenvalue weighted by atomic mass is 10.4. The van der Waals surface area contributed by atoms with Crippen LogP contribution in [0.15, 0.2) is 5.38 Å². The van der Waals surface area contributed by atoms with E-state index in [1.54, 1.807) is 30.3 Å². The van der Waals surface area contributed by atoms with Crippen LogP contribution in [0.4, 0.5) is 0 Å². The fourth-order valence-electron chi connectivity index (χ4n) is 1.05. The highest BCUT2D eigenvalue weighted by atomic mass is 32.1. The Morgan fingerprint density at radius 2 is 2.33 bits per heavy atom. The molecule has 0 fully saturated rings. The van der Waals surface area contributed by atoms with E-state index in [0.29, 0.717) is 13.1 Å². The van der Waals surface area contributed by atoms with Crippen LogP contribution in [-0.2, 0) is 17.8 Å². The molecule has 0 aliphatic rings. The molecule has 0 aromatic carbocycles. The van der Waals surface area contributed by atoms with Gasteiger partial charge in [0.15, 0.2) is 0 Å². The van der Waals surface area contributed by atoms with E-state index in [4.69, 9.17) is 0 Å². The molecule has 84 valence electrons. The van der Waals surface area contributed by atoms with Crippen molar-refractivity contribution in [3.8, 4) is 0 Å². The molecule has 0 bridgehead atoms. The molecule has 15 heavy (non-hydrogen) atoms. The Balaban J connectivity index is 2.28. The van der Waals surface area contributed by atoms with Gasteiger partial charge in [-0.15, -0.1) is 11.3 Å². The highest BCUT2D eigenvalue weighted by Gasteiger charge is 2.04. The van der Waals surface area contributed by atoms with E-state index in [0.717, 1.165) is 17.1 Å². The van der Waals surface area contributed by atoms with Crippen molar-refractivity contribution in [2.75, 3.05) is 20.6 Å². The first-order valence-corrected chi connectivity index (χ1v) is 5.85. The lowest BCUT2D eigenvalue weighted by Gasteiger charge is -2.09. The van der Waals surface area contributed by atoms with Gasteiger partial charge in [-0.2, -0.15) is 0 Å². The number of thiazole rings is 1. The predicted molar refractivity (Wildman–Crippen MR) is 61.9 cm³/mol. The number of carbonyl (C=O) groups is 1. The zero-order chi connectivity index (χ0) is 11.3. The van der Waals surface area contributed by atoms with Crippen molar-refractivity contribution in [1.82, 2.24) is 15.2 Å². The Kier molecular flexibility index (Phi) is 4.71. The second-order valence-electron chi connectivity index (χ2n) is 3.48. The summed E-state index contributed by atoms with van der Waals surface area (Å²) >= 11 is 1.67. The van der Waals surface area contributed by atoms with Gasteiger partial charge in [0.05, 0.1) is 17.2 Å². The van der Waals surface area contributed by atoms with Crippen LogP contribution in [-0.4, -0.2) is 36.4 Å². The molecule has 1 N–H and O–H groups in total. The van der Waals surface area contributed by atoms with Crippen molar-refractivity contribution in [2.24, 2.45) is 0 Å². The Morgan fingerprint density at radius 3 is 2.87 bits per heavy atom. The molecule has 4 nitrogen and oxygen atoms in total. The average molecular weight is 227 g/mol. The lowest BCUT2D eigenvalue weighted by molar-refractivity contribution is -0.127. The minimum Gasteiger partial charge on any atom is -0.348 e. The van der Waals surface area contributed by atoms with E-state index >= 15 is 0 Å². The number of rotatable bonds is 5. The van der Waals surface area contributed by atoms with Crippen LogP contribution in [0.2, 0.25) is 0 Å². The van der Waals surface area contributed by atoms with Crippen LogP contribution in [0.25, 0.3) is 0 Å². The van der Waals surface area contributed by atoms with Gasteiger partial charge in [0.2, 0.25) is 5.91 Å². The van der Waals surface area contributed by atoms with Crippen molar-refractivity contribution >= 4 is 17.2 Å². The van der Waals surface area contributed by atoms with E-state index < -0.39 is 0 Å². The number of nitrogens with zero attached hydrogens (tertiary/aromatic N) is 2. The average Bonchev–Trinajstić information content (AvgIpc) is 2.65. The van der Waals surface area contributed by atoms with Crippen molar-refractivity contribution < 1.29 is 4.79 Å². The first kappa shape index (κ1) is 12.1. The van der Waals surface area contributed by atoms with Crippen LogP contribution in [0, 0.1) is 0 Å². The van der Waals surface area contributed by atoms with Crippen molar-refractivity contribution in [1.29, 1.82) is 0 Å². The summed E-state index contributed by atoms with van der Waals surface area (Å²) in [5.74, 6) is 0.0842. The summed E-state index contributed by atoms with van der Waals surface area (Å²) in [6.07, 6.45) is 0.974. The molecule has 1 amide bonds. The third kappa shape index (κ3) is 3.97. The van der Waals surface area contributed by atoms with Crippen LogP contribution >= 0.6 is 11.3 Å². The first-order chi connectivity index (χ1) is 7.13. The predicted octanol–water partition coefficient (Wildman–Crippen LogP) is 0.883. The number of aromatic nitrogens is 1.